The smallest absolute Gasteiger partial charge is 0.266 e. The summed E-state index contributed by atoms with van der Waals surface area (Å²) in [5, 5.41) is 11.1. The van der Waals surface area contributed by atoms with Crippen molar-refractivity contribution >= 4 is 51.5 Å². The third-order valence-electron chi connectivity index (χ3n) is 6.29. The Morgan fingerprint density at radius 3 is 2.52 bits per heavy atom. The second-order valence-electron chi connectivity index (χ2n) is 8.56. The van der Waals surface area contributed by atoms with Gasteiger partial charge in [0, 0.05) is 6.04 Å². The van der Waals surface area contributed by atoms with Crippen LogP contribution in [0.4, 0.5) is 0 Å². The summed E-state index contributed by atoms with van der Waals surface area (Å²) in [6.07, 6.45) is 13.7. The van der Waals surface area contributed by atoms with E-state index in [4.69, 9.17) is 9.73 Å². The molecule has 0 atom stereocenters. The van der Waals surface area contributed by atoms with Crippen LogP contribution in [0, 0.1) is 3.57 Å². The fourth-order valence-corrected chi connectivity index (χ4v) is 6.43. The van der Waals surface area contributed by atoms with Crippen molar-refractivity contribution < 1.29 is 14.6 Å². The van der Waals surface area contributed by atoms with Crippen molar-refractivity contribution in [3.05, 3.63) is 26.2 Å². The van der Waals surface area contributed by atoms with E-state index >= 15 is 0 Å². The number of amidine groups is 1. The summed E-state index contributed by atoms with van der Waals surface area (Å²) in [6, 6.07) is 4.30. The summed E-state index contributed by atoms with van der Waals surface area (Å²) in [7, 11) is 0. The lowest BCUT2D eigenvalue weighted by atomic mass is 9.94. The van der Waals surface area contributed by atoms with Crippen LogP contribution in [0.15, 0.2) is 22.0 Å². The summed E-state index contributed by atoms with van der Waals surface area (Å²) in [6.45, 7) is 2.37. The molecule has 0 radical (unpaired) electrons. The zero-order chi connectivity index (χ0) is 21.8. The Morgan fingerprint density at radius 1 is 1.16 bits per heavy atom. The van der Waals surface area contributed by atoms with Gasteiger partial charge in [0.05, 0.1) is 21.1 Å². The Morgan fingerprint density at radius 2 is 1.84 bits per heavy atom. The molecule has 3 aliphatic rings. The number of benzene rings is 1. The fourth-order valence-electron chi connectivity index (χ4n) is 4.70. The summed E-state index contributed by atoms with van der Waals surface area (Å²) in [5.74, 6) is 0.683. The third-order valence-corrected chi connectivity index (χ3v) is 8.11. The van der Waals surface area contributed by atoms with E-state index in [1.165, 1.54) is 50.3 Å². The zero-order valence-electron chi connectivity index (χ0n) is 18.1. The minimum Gasteiger partial charge on any atom is -0.504 e. The number of aromatic hydroxyl groups is 1. The van der Waals surface area contributed by atoms with Crippen LogP contribution >= 0.6 is 34.4 Å². The Kier molecular flexibility index (Phi) is 7.85. The number of hydrogen-bond acceptors (Lipinski definition) is 5. The van der Waals surface area contributed by atoms with Gasteiger partial charge < -0.3 is 9.84 Å². The van der Waals surface area contributed by atoms with Gasteiger partial charge in [-0.2, -0.15) is 0 Å². The Balaban J connectivity index is 1.65. The minimum absolute atomic E-state index is 0.0764. The first-order valence-electron chi connectivity index (χ1n) is 11.5. The Hall–Kier alpha value is -1.22. The third kappa shape index (κ3) is 5.41. The molecule has 5 nitrogen and oxygen atoms in total. The van der Waals surface area contributed by atoms with Crippen molar-refractivity contribution in [1.29, 1.82) is 0 Å². The molecule has 1 saturated heterocycles. The molecule has 0 aromatic heterocycles. The van der Waals surface area contributed by atoms with Crippen LogP contribution in [0.25, 0.3) is 6.08 Å². The highest BCUT2D eigenvalue weighted by atomic mass is 127. The Bertz CT molecular complexity index is 874. The van der Waals surface area contributed by atoms with Gasteiger partial charge in [-0.15, -0.1) is 0 Å². The number of hydrogen-bond donors (Lipinski definition) is 1. The van der Waals surface area contributed by atoms with Crippen LogP contribution in [0.3, 0.4) is 0 Å². The number of amides is 1. The lowest BCUT2D eigenvalue weighted by Gasteiger charge is -2.31. The van der Waals surface area contributed by atoms with Crippen molar-refractivity contribution in [3.8, 4) is 11.5 Å². The molecule has 1 N–H and O–H groups in total. The molecule has 1 aromatic rings. The summed E-state index contributed by atoms with van der Waals surface area (Å²) >= 11 is 3.62. The predicted molar refractivity (Wildman–Crippen MR) is 136 cm³/mol. The van der Waals surface area contributed by atoms with E-state index in [1.807, 2.05) is 30.0 Å². The maximum absolute atomic E-state index is 13.5. The zero-order valence-corrected chi connectivity index (χ0v) is 21.1. The van der Waals surface area contributed by atoms with Crippen molar-refractivity contribution in [2.75, 3.05) is 6.61 Å². The lowest BCUT2D eigenvalue weighted by Crippen LogP contribution is -2.41. The quantitative estimate of drug-likeness (QED) is 0.341. The molecule has 0 spiro atoms. The number of carbonyl (C=O) groups is 1. The largest absolute Gasteiger partial charge is 0.504 e. The van der Waals surface area contributed by atoms with Crippen LogP contribution in [-0.4, -0.2) is 39.8 Å². The number of halogens is 1. The number of phenolic OH excluding ortho intramolecular Hbond substituents is 1. The first-order chi connectivity index (χ1) is 15.1. The van der Waals surface area contributed by atoms with Gasteiger partial charge >= 0.3 is 0 Å². The Labute approximate surface area is 202 Å². The van der Waals surface area contributed by atoms with Crippen molar-refractivity contribution in [2.24, 2.45) is 4.99 Å². The fraction of sp³-hybridized carbons (Fsp3) is 0.583. The standard InChI is InChI=1S/C24H31IN2O3S/c1-2-30-20-14-16(13-19(25)22(20)28)15-21-23(29)27(18-11-7-4-8-12-18)24(31-21)26-17-9-5-3-6-10-17/h13-15,17-18,28H,2-12H2,1H3. The van der Waals surface area contributed by atoms with Gasteiger partial charge in [-0.1, -0.05) is 38.5 Å². The molecule has 168 valence electrons. The molecule has 1 amide bonds. The molecule has 3 fully saturated rings. The molecule has 1 aliphatic heterocycles. The van der Waals surface area contributed by atoms with Crippen LogP contribution in [0.1, 0.15) is 76.7 Å². The van der Waals surface area contributed by atoms with E-state index < -0.39 is 0 Å². The van der Waals surface area contributed by atoms with E-state index in [-0.39, 0.29) is 17.7 Å². The van der Waals surface area contributed by atoms with Gasteiger partial charge in [-0.3, -0.25) is 14.7 Å². The molecule has 1 aromatic carbocycles. The van der Waals surface area contributed by atoms with Crippen LogP contribution < -0.4 is 4.74 Å². The predicted octanol–water partition coefficient (Wildman–Crippen LogP) is 6.33. The molecule has 1 heterocycles. The SMILES string of the molecule is CCOc1cc(C=C2SC(=NC3CCCCC3)N(C3CCCCC3)C2=O)cc(I)c1O. The molecule has 7 heteroatoms. The molecule has 4 rings (SSSR count). The van der Waals surface area contributed by atoms with Crippen LogP contribution in [0.5, 0.6) is 11.5 Å². The average molecular weight is 554 g/mol. The average Bonchev–Trinajstić information content (AvgIpc) is 3.07. The second kappa shape index (κ2) is 10.6. The maximum Gasteiger partial charge on any atom is 0.266 e. The van der Waals surface area contributed by atoms with Gasteiger partial charge in [0.15, 0.2) is 16.7 Å². The van der Waals surface area contributed by atoms with E-state index in [0.717, 1.165) is 36.4 Å². The van der Waals surface area contributed by atoms with E-state index in [2.05, 4.69) is 22.6 Å². The number of aliphatic imine (C=N–C) groups is 1. The van der Waals surface area contributed by atoms with Gasteiger partial charge in [0.25, 0.3) is 5.91 Å². The molecule has 0 unspecified atom stereocenters. The highest BCUT2D eigenvalue weighted by Crippen LogP contribution is 2.40. The monoisotopic (exact) mass is 554 g/mol. The number of rotatable bonds is 5. The van der Waals surface area contributed by atoms with Gasteiger partial charge in [0.2, 0.25) is 0 Å². The van der Waals surface area contributed by atoms with Crippen LogP contribution in [-0.2, 0) is 4.79 Å². The van der Waals surface area contributed by atoms with Gasteiger partial charge in [0.1, 0.15) is 0 Å². The van der Waals surface area contributed by atoms with Crippen molar-refractivity contribution in [2.45, 2.75) is 83.2 Å². The van der Waals surface area contributed by atoms with Crippen LogP contribution in [0.2, 0.25) is 0 Å². The molecule has 31 heavy (non-hydrogen) atoms. The molecular formula is C24H31IN2O3S. The number of thioether (sulfide) groups is 1. The normalized spacial score (nSPS) is 23.8. The van der Waals surface area contributed by atoms with Gasteiger partial charge in [-0.25, -0.2) is 0 Å². The summed E-state index contributed by atoms with van der Waals surface area (Å²) < 4.78 is 6.29. The molecule has 0 bridgehead atoms. The number of carbonyl (C=O) groups excluding carboxylic acids is 1. The minimum atomic E-state index is 0.0764. The maximum atomic E-state index is 13.5. The van der Waals surface area contributed by atoms with Crippen molar-refractivity contribution in [3.63, 3.8) is 0 Å². The second-order valence-corrected chi connectivity index (χ2v) is 10.7. The number of nitrogens with zero attached hydrogens (tertiary/aromatic N) is 2. The van der Waals surface area contributed by atoms with E-state index in [9.17, 15) is 9.90 Å². The van der Waals surface area contributed by atoms with E-state index in [0.29, 0.717) is 26.9 Å². The summed E-state index contributed by atoms with van der Waals surface area (Å²) in [5.41, 5.74) is 0.865. The molecule has 2 saturated carbocycles. The highest BCUT2D eigenvalue weighted by Gasteiger charge is 2.39. The lowest BCUT2D eigenvalue weighted by molar-refractivity contribution is -0.124. The number of ether oxygens (including phenoxy) is 1. The van der Waals surface area contributed by atoms with Crippen molar-refractivity contribution in [1.82, 2.24) is 4.90 Å². The van der Waals surface area contributed by atoms with E-state index in [1.54, 1.807) is 0 Å². The topological polar surface area (TPSA) is 62.1 Å². The molecular weight excluding hydrogens is 523 g/mol. The number of phenols is 1. The van der Waals surface area contributed by atoms with Gasteiger partial charge in [-0.05, 0) is 90.7 Å². The highest BCUT2D eigenvalue weighted by molar-refractivity contribution is 14.1. The first kappa shape index (κ1) is 23.0. The first-order valence-corrected chi connectivity index (χ1v) is 13.4. The summed E-state index contributed by atoms with van der Waals surface area (Å²) in [4.78, 5) is 21.3. The molecule has 2 aliphatic carbocycles.